The lowest BCUT2D eigenvalue weighted by Crippen LogP contribution is -2.40. The van der Waals surface area contributed by atoms with Gasteiger partial charge in [-0.2, -0.15) is 0 Å². The molecule has 0 atom stereocenters. The van der Waals surface area contributed by atoms with Gasteiger partial charge >= 0.3 is 0 Å². The number of methoxy groups -OCH3 is 1. The lowest BCUT2D eigenvalue weighted by molar-refractivity contribution is -0.121. The van der Waals surface area contributed by atoms with Crippen molar-refractivity contribution in [2.75, 3.05) is 27.2 Å². The summed E-state index contributed by atoms with van der Waals surface area (Å²) in [5.74, 6) is 1.59. The fraction of sp³-hybridized carbons (Fsp3) is 0.364. The number of ether oxygens (including phenoxy) is 1. The number of carbonyl (C=O) groups excluding carboxylic acids is 1. The molecule has 0 spiro atoms. The number of hydrogen-bond acceptors (Lipinski definition) is 3. The Bertz CT molecular complexity index is 782. The smallest absolute Gasteiger partial charge is 0.222 e. The van der Waals surface area contributed by atoms with Gasteiger partial charge in [0, 0.05) is 33.1 Å². The molecule has 0 aliphatic heterocycles. The topological polar surface area (TPSA) is 74.8 Å². The van der Waals surface area contributed by atoms with Gasteiger partial charge in [-0.1, -0.05) is 48.0 Å². The number of nitrogens with zero attached hydrogens (tertiary/aromatic N) is 1. The van der Waals surface area contributed by atoms with Crippen LogP contribution in [0.2, 0.25) is 0 Å². The number of amides is 1. The molecule has 2 aromatic rings. The summed E-state index contributed by atoms with van der Waals surface area (Å²) in [6.07, 6.45) is 1.21. The monoisotopic (exact) mass is 510 g/mol. The summed E-state index contributed by atoms with van der Waals surface area (Å²) in [4.78, 5) is 16.2. The third kappa shape index (κ3) is 9.17. The van der Waals surface area contributed by atoms with E-state index in [4.69, 9.17) is 4.74 Å². The highest BCUT2D eigenvalue weighted by atomic mass is 127. The number of guanidine groups is 1. The van der Waals surface area contributed by atoms with Crippen molar-refractivity contribution >= 4 is 35.8 Å². The summed E-state index contributed by atoms with van der Waals surface area (Å²) >= 11 is 0. The molecule has 0 radical (unpaired) electrons. The van der Waals surface area contributed by atoms with Gasteiger partial charge in [0.2, 0.25) is 5.91 Å². The van der Waals surface area contributed by atoms with E-state index in [2.05, 4.69) is 33.9 Å². The summed E-state index contributed by atoms with van der Waals surface area (Å²) in [6.45, 7) is 3.86. The maximum absolute atomic E-state index is 12.0. The Morgan fingerprint density at radius 1 is 1.03 bits per heavy atom. The molecular weight excluding hydrogens is 479 g/mol. The zero-order valence-electron chi connectivity index (χ0n) is 17.3. The van der Waals surface area contributed by atoms with Crippen molar-refractivity contribution in [3.05, 3.63) is 65.2 Å². The SMILES string of the molecule is CN=C(NCCC(=O)NCc1ccccc1)NCCc1cc(C)ccc1OC.I. The summed E-state index contributed by atoms with van der Waals surface area (Å²) < 4.78 is 5.41. The Labute approximate surface area is 190 Å². The van der Waals surface area contributed by atoms with Gasteiger partial charge in [-0.15, -0.1) is 24.0 Å². The molecule has 2 rings (SSSR count). The lowest BCUT2D eigenvalue weighted by atomic mass is 10.1. The zero-order valence-corrected chi connectivity index (χ0v) is 19.7. The van der Waals surface area contributed by atoms with E-state index >= 15 is 0 Å². The van der Waals surface area contributed by atoms with E-state index in [1.54, 1.807) is 14.2 Å². The first-order chi connectivity index (χ1) is 13.6. The average Bonchev–Trinajstić information content (AvgIpc) is 2.72. The van der Waals surface area contributed by atoms with E-state index < -0.39 is 0 Å². The largest absolute Gasteiger partial charge is 0.496 e. The number of hydrogen-bond donors (Lipinski definition) is 3. The highest BCUT2D eigenvalue weighted by Crippen LogP contribution is 2.19. The molecule has 0 aliphatic rings. The van der Waals surface area contributed by atoms with E-state index in [1.807, 2.05) is 42.5 Å². The Morgan fingerprint density at radius 2 is 1.76 bits per heavy atom. The number of carbonyl (C=O) groups is 1. The first-order valence-electron chi connectivity index (χ1n) is 9.51. The summed E-state index contributed by atoms with van der Waals surface area (Å²) in [5.41, 5.74) is 3.46. The number of aliphatic imine (C=N–C) groups is 1. The van der Waals surface area contributed by atoms with E-state index in [0.29, 0.717) is 25.5 Å². The van der Waals surface area contributed by atoms with Gasteiger partial charge in [0.15, 0.2) is 5.96 Å². The number of rotatable bonds is 9. The molecule has 0 unspecified atom stereocenters. The van der Waals surface area contributed by atoms with Crippen LogP contribution in [0.25, 0.3) is 0 Å². The van der Waals surface area contributed by atoms with Crippen LogP contribution in [-0.2, 0) is 17.8 Å². The molecule has 3 N–H and O–H groups in total. The molecule has 1 amide bonds. The van der Waals surface area contributed by atoms with Crippen LogP contribution in [0.3, 0.4) is 0 Å². The average molecular weight is 510 g/mol. The number of benzene rings is 2. The normalized spacial score (nSPS) is 10.7. The van der Waals surface area contributed by atoms with Gasteiger partial charge in [0.05, 0.1) is 7.11 Å². The zero-order chi connectivity index (χ0) is 20.2. The maximum Gasteiger partial charge on any atom is 0.222 e. The number of aryl methyl sites for hydroxylation is 1. The van der Waals surface area contributed by atoms with Gasteiger partial charge in [0.25, 0.3) is 0 Å². The molecule has 2 aromatic carbocycles. The van der Waals surface area contributed by atoms with Crippen molar-refractivity contribution in [3.8, 4) is 5.75 Å². The summed E-state index contributed by atoms with van der Waals surface area (Å²) in [6, 6.07) is 16.0. The second-order valence-electron chi connectivity index (χ2n) is 6.50. The first kappa shape index (κ1) is 24.7. The highest BCUT2D eigenvalue weighted by Gasteiger charge is 2.05. The van der Waals surface area contributed by atoms with Crippen LogP contribution in [0.15, 0.2) is 53.5 Å². The van der Waals surface area contributed by atoms with Gasteiger partial charge in [-0.3, -0.25) is 9.79 Å². The van der Waals surface area contributed by atoms with Crippen LogP contribution in [0.4, 0.5) is 0 Å². The minimum Gasteiger partial charge on any atom is -0.496 e. The molecule has 6 nitrogen and oxygen atoms in total. The molecule has 0 saturated carbocycles. The molecule has 0 fully saturated rings. The summed E-state index contributed by atoms with van der Waals surface area (Å²) in [5, 5.41) is 9.36. The molecule has 0 saturated heterocycles. The number of nitrogens with one attached hydrogen (secondary N) is 3. The molecule has 158 valence electrons. The van der Waals surface area contributed by atoms with Crippen LogP contribution in [0.1, 0.15) is 23.1 Å². The Kier molecular flexibility index (Phi) is 11.8. The molecule has 0 heterocycles. The van der Waals surface area contributed by atoms with Crippen LogP contribution in [0.5, 0.6) is 5.75 Å². The maximum atomic E-state index is 12.0. The van der Waals surface area contributed by atoms with Crippen molar-refractivity contribution in [3.63, 3.8) is 0 Å². The molecule has 0 aliphatic carbocycles. The van der Waals surface area contributed by atoms with Crippen molar-refractivity contribution in [2.45, 2.75) is 26.3 Å². The molecule has 0 bridgehead atoms. The molecule has 0 aromatic heterocycles. The molecular formula is C22H31IN4O2. The van der Waals surface area contributed by atoms with Gasteiger partial charge < -0.3 is 20.7 Å². The van der Waals surface area contributed by atoms with Crippen molar-refractivity contribution in [1.82, 2.24) is 16.0 Å². The minimum absolute atomic E-state index is 0. The summed E-state index contributed by atoms with van der Waals surface area (Å²) in [7, 11) is 3.41. The van der Waals surface area contributed by atoms with E-state index in [1.165, 1.54) is 5.56 Å². The predicted molar refractivity (Wildman–Crippen MR) is 129 cm³/mol. The molecule has 7 heteroatoms. The van der Waals surface area contributed by atoms with Crippen LogP contribution in [0, 0.1) is 6.92 Å². The van der Waals surface area contributed by atoms with Crippen LogP contribution < -0.4 is 20.7 Å². The van der Waals surface area contributed by atoms with Crippen molar-refractivity contribution in [2.24, 2.45) is 4.99 Å². The van der Waals surface area contributed by atoms with E-state index in [-0.39, 0.29) is 29.9 Å². The standard InChI is InChI=1S/C22H30N4O2.HI/c1-17-9-10-20(28-3)19(15-17)11-13-24-22(23-2)25-14-12-21(27)26-16-18-7-5-4-6-8-18;/h4-10,15H,11-14,16H2,1-3H3,(H,26,27)(H2,23,24,25);1H. The fourth-order valence-corrected chi connectivity index (χ4v) is 2.82. The number of halogens is 1. The Morgan fingerprint density at radius 3 is 2.45 bits per heavy atom. The van der Waals surface area contributed by atoms with Crippen molar-refractivity contribution < 1.29 is 9.53 Å². The second-order valence-corrected chi connectivity index (χ2v) is 6.50. The Balaban J connectivity index is 0.00000420. The first-order valence-corrected chi connectivity index (χ1v) is 9.51. The van der Waals surface area contributed by atoms with Crippen LogP contribution in [-0.4, -0.2) is 39.1 Å². The van der Waals surface area contributed by atoms with Gasteiger partial charge in [0.1, 0.15) is 5.75 Å². The lowest BCUT2D eigenvalue weighted by Gasteiger charge is -2.13. The van der Waals surface area contributed by atoms with Gasteiger partial charge in [-0.25, -0.2) is 0 Å². The second kappa shape index (κ2) is 13.8. The van der Waals surface area contributed by atoms with Gasteiger partial charge in [-0.05, 0) is 30.5 Å². The predicted octanol–water partition coefficient (Wildman–Crippen LogP) is 3.04. The van der Waals surface area contributed by atoms with Crippen molar-refractivity contribution in [1.29, 1.82) is 0 Å². The van der Waals surface area contributed by atoms with E-state index in [9.17, 15) is 4.79 Å². The third-order valence-corrected chi connectivity index (χ3v) is 4.32. The quantitative estimate of drug-likeness (QED) is 0.276. The fourth-order valence-electron chi connectivity index (χ4n) is 2.82. The minimum atomic E-state index is 0. The highest BCUT2D eigenvalue weighted by molar-refractivity contribution is 14.0. The third-order valence-electron chi connectivity index (χ3n) is 4.32. The Hall–Kier alpha value is -2.29. The molecule has 29 heavy (non-hydrogen) atoms. The van der Waals surface area contributed by atoms with Crippen LogP contribution >= 0.6 is 24.0 Å². The van der Waals surface area contributed by atoms with E-state index in [0.717, 1.165) is 29.8 Å².